The van der Waals surface area contributed by atoms with E-state index in [1.165, 1.54) is 61.4 Å². The average Bonchev–Trinajstić information content (AvgIpc) is 3.45. The summed E-state index contributed by atoms with van der Waals surface area (Å²) in [5.74, 6) is 3.21. The molecule has 0 radical (unpaired) electrons. The molecule has 0 amide bonds. The average molecular weight is 695 g/mol. The summed E-state index contributed by atoms with van der Waals surface area (Å²) in [6.07, 6.45) is 10.2. The fraction of sp³-hybridized carbons (Fsp3) is 0.550. The molecule has 3 aromatic rings. The third-order valence-electron chi connectivity index (χ3n) is 10.1. The molecule has 0 aliphatic heterocycles. The Morgan fingerprint density at radius 1 is 0.814 bits per heavy atom. The van der Waals surface area contributed by atoms with Gasteiger partial charge in [-0.05, 0) is 54.4 Å². The Hall–Kier alpha value is -0.877. The van der Waals surface area contributed by atoms with Crippen molar-refractivity contribution in [2.24, 2.45) is 17.8 Å². The zero-order valence-corrected chi connectivity index (χ0v) is 32.0. The largest absolute Gasteiger partial charge is 1.00 e. The monoisotopic (exact) mass is 692 g/mol. The van der Waals surface area contributed by atoms with Crippen molar-refractivity contribution in [3.05, 3.63) is 88.0 Å². The minimum absolute atomic E-state index is 0. The first-order valence-electron chi connectivity index (χ1n) is 16.1. The molecule has 3 heteroatoms. The van der Waals surface area contributed by atoms with Crippen molar-refractivity contribution in [3.63, 3.8) is 0 Å². The van der Waals surface area contributed by atoms with Gasteiger partial charge in [-0.1, -0.05) is 108 Å². The molecule has 0 aromatic heterocycles. The number of aryl methyl sites for hydroxylation is 1. The molecule has 0 heterocycles. The van der Waals surface area contributed by atoms with Crippen molar-refractivity contribution in [1.82, 2.24) is 0 Å². The van der Waals surface area contributed by atoms with E-state index < -0.39 is 0 Å². The van der Waals surface area contributed by atoms with E-state index in [-0.39, 0.29) is 35.6 Å². The van der Waals surface area contributed by atoms with E-state index in [1.54, 1.807) is 49.1 Å². The van der Waals surface area contributed by atoms with Gasteiger partial charge in [0, 0.05) is 0 Å². The molecule has 8 rings (SSSR count). The molecule has 232 valence electrons. The quantitative estimate of drug-likeness (QED) is 0.256. The van der Waals surface area contributed by atoms with Crippen molar-refractivity contribution in [2.75, 3.05) is 0 Å². The molecule has 5 aliphatic carbocycles. The van der Waals surface area contributed by atoms with Crippen LogP contribution in [0, 0.1) is 30.7 Å². The first kappa shape index (κ1) is 36.6. The van der Waals surface area contributed by atoms with Gasteiger partial charge in [0.2, 0.25) is 0 Å². The van der Waals surface area contributed by atoms with Crippen molar-refractivity contribution >= 4 is 3.21 Å². The maximum atomic E-state index is 3.53. The van der Waals surface area contributed by atoms with Crippen LogP contribution in [-0.2, 0) is 46.9 Å². The van der Waals surface area contributed by atoms with Crippen molar-refractivity contribution in [1.29, 1.82) is 0 Å². The molecule has 4 saturated carbocycles. The summed E-state index contributed by atoms with van der Waals surface area (Å²) >= 11 is 1.55. The smallest absolute Gasteiger partial charge is 0.0411 e. The minimum atomic E-state index is 0. The molecular formula is C40H52Cl2Zr-2. The second-order valence-corrected chi connectivity index (χ2v) is 18.7. The van der Waals surface area contributed by atoms with Crippen LogP contribution in [0.5, 0.6) is 0 Å². The molecule has 0 saturated heterocycles. The number of benzene rings is 2. The van der Waals surface area contributed by atoms with E-state index >= 15 is 0 Å². The van der Waals surface area contributed by atoms with Gasteiger partial charge in [0.1, 0.15) is 0 Å². The maximum Gasteiger partial charge on any atom is -0.0411 e. The summed E-state index contributed by atoms with van der Waals surface area (Å²) in [6.45, 7) is 20.1. The summed E-state index contributed by atoms with van der Waals surface area (Å²) in [5, 5.41) is 0. The van der Waals surface area contributed by atoms with E-state index in [4.69, 9.17) is 0 Å². The Labute approximate surface area is 290 Å². The van der Waals surface area contributed by atoms with Crippen LogP contribution in [-0.4, -0.2) is 3.21 Å². The normalized spacial score (nSPS) is 24.3. The van der Waals surface area contributed by atoms with Gasteiger partial charge in [-0.2, -0.15) is 52.6 Å². The van der Waals surface area contributed by atoms with Gasteiger partial charge < -0.3 is 24.8 Å². The predicted octanol–water partition coefficient (Wildman–Crippen LogP) is 4.59. The van der Waals surface area contributed by atoms with Gasteiger partial charge in [0.15, 0.2) is 0 Å². The van der Waals surface area contributed by atoms with E-state index in [1.807, 2.05) is 0 Å². The SMILES string of the molecule is CC(C)(C)c1c[c-]c2c(c1)-c1cc(C(C)(C)C)ccc1C2.C[C](C)=[Zr+2].Cc1cc(C23CC4CC(CC(C4)C2)C3)c[cH-]1.[Cl-].[Cl-]. The Morgan fingerprint density at radius 2 is 1.33 bits per heavy atom. The summed E-state index contributed by atoms with van der Waals surface area (Å²) in [5.41, 5.74) is 12.5. The first-order valence-corrected chi connectivity index (χ1v) is 17.3. The number of hydrogen-bond donors (Lipinski definition) is 0. The first-order chi connectivity index (χ1) is 19.1. The third-order valence-corrected chi connectivity index (χ3v) is 10.1. The molecule has 0 unspecified atom stereocenters. The molecule has 3 aromatic carbocycles. The Kier molecular flexibility index (Phi) is 11.8. The number of hydrogen-bond acceptors (Lipinski definition) is 0. The van der Waals surface area contributed by atoms with Crippen molar-refractivity contribution in [3.8, 4) is 11.1 Å². The number of fused-ring (bicyclic) bond motifs is 3. The van der Waals surface area contributed by atoms with Crippen LogP contribution in [0.3, 0.4) is 0 Å². The fourth-order valence-electron chi connectivity index (χ4n) is 8.34. The van der Waals surface area contributed by atoms with Crippen LogP contribution in [0.1, 0.15) is 127 Å². The van der Waals surface area contributed by atoms with Crippen LogP contribution >= 0.6 is 0 Å². The molecule has 0 atom stereocenters. The van der Waals surface area contributed by atoms with Crippen LogP contribution in [0.15, 0.2) is 48.5 Å². The second kappa shape index (κ2) is 13.9. The number of rotatable bonds is 1. The molecule has 0 nitrogen and oxygen atoms in total. The zero-order valence-electron chi connectivity index (χ0n) is 28.1. The Morgan fingerprint density at radius 3 is 1.79 bits per heavy atom. The topological polar surface area (TPSA) is 0 Å². The molecular weight excluding hydrogens is 643 g/mol. The van der Waals surface area contributed by atoms with Crippen molar-refractivity contribution < 1.29 is 49.0 Å². The fourth-order valence-corrected chi connectivity index (χ4v) is 8.34. The molecule has 5 aliphatic rings. The summed E-state index contributed by atoms with van der Waals surface area (Å²) < 4.78 is 1.51. The van der Waals surface area contributed by atoms with Gasteiger partial charge in [-0.25, -0.2) is 6.07 Å². The predicted molar refractivity (Wildman–Crippen MR) is 174 cm³/mol. The van der Waals surface area contributed by atoms with Crippen LogP contribution < -0.4 is 24.8 Å². The maximum absolute atomic E-state index is 3.53. The Balaban J connectivity index is 0.000000205. The minimum Gasteiger partial charge on any atom is -1.00 e. The molecule has 43 heavy (non-hydrogen) atoms. The van der Waals surface area contributed by atoms with Gasteiger partial charge in [0.05, 0.1) is 0 Å². The zero-order chi connectivity index (χ0) is 29.7. The standard InChI is InChI=1S/C21H25.C16H21.C3H6.2ClH.Zr/c1-20(2,3)16-9-7-14-11-15-8-10-17(21(4,5)6)13-19(15)18(14)12-16;1-11-2-3-15(4-11)16-8-12-5-13(9-16)7-14(6-12)10-16;1-3-2;;;/h7,9-10,12-13H,11H2,1-6H3;2-4,12-14H,5-10H2,1H3;1-2H3;2*1H;/q2*-1;;;;+2/p-2. The van der Waals surface area contributed by atoms with E-state index in [0.29, 0.717) is 5.41 Å². The summed E-state index contributed by atoms with van der Waals surface area (Å²) in [4.78, 5) is 0. The molecule has 0 spiro atoms. The van der Waals surface area contributed by atoms with E-state index in [2.05, 4.69) is 117 Å². The van der Waals surface area contributed by atoms with Gasteiger partial charge in [-0.3, -0.25) is 0 Å². The second-order valence-electron chi connectivity index (χ2n) is 16.2. The van der Waals surface area contributed by atoms with Gasteiger partial charge in [0.25, 0.3) is 0 Å². The molecule has 4 fully saturated rings. The van der Waals surface area contributed by atoms with E-state index in [9.17, 15) is 0 Å². The van der Waals surface area contributed by atoms with Crippen LogP contribution in [0.25, 0.3) is 11.1 Å². The van der Waals surface area contributed by atoms with E-state index in [0.717, 1.165) is 24.2 Å². The molecule has 0 N–H and O–H groups in total. The van der Waals surface area contributed by atoms with Crippen LogP contribution in [0.4, 0.5) is 0 Å². The number of halogens is 2. The third kappa shape index (κ3) is 8.29. The summed E-state index contributed by atoms with van der Waals surface area (Å²) in [7, 11) is 0. The summed E-state index contributed by atoms with van der Waals surface area (Å²) in [6, 6.07) is 22.3. The van der Waals surface area contributed by atoms with Gasteiger partial charge in [-0.15, -0.1) is 5.56 Å². The van der Waals surface area contributed by atoms with Crippen LogP contribution in [0.2, 0.25) is 0 Å². The van der Waals surface area contributed by atoms with Gasteiger partial charge >= 0.3 is 41.3 Å². The molecule has 4 bridgehead atoms. The van der Waals surface area contributed by atoms with Crippen molar-refractivity contribution in [2.45, 2.75) is 124 Å². The Bertz CT molecular complexity index is 1310.